The molecule has 8 nitrogen and oxygen atoms in total. The first-order valence-corrected chi connectivity index (χ1v) is 16.5. The van der Waals surface area contributed by atoms with Crippen LogP contribution in [0.1, 0.15) is 39.2 Å². The van der Waals surface area contributed by atoms with Crippen molar-refractivity contribution in [3.63, 3.8) is 0 Å². The Morgan fingerprint density at radius 2 is 1.88 bits per heavy atom. The number of ether oxygens (including phenoxy) is 1. The number of aromatic nitrogens is 1. The van der Waals surface area contributed by atoms with Gasteiger partial charge >= 0.3 is 6.09 Å². The third-order valence-corrected chi connectivity index (χ3v) is 9.19. The Morgan fingerprint density at radius 1 is 1.10 bits per heavy atom. The Hall–Kier alpha value is -2.50. The highest BCUT2D eigenvalue weighted by Crippen LogP contribution is 2.30. The number of hydrogen-bond acceptors (Lipinski definition) is 8. The first kappa shape index (κ1) is 32.4. The van der Waals surface area contributed by atoms with Crippen molar-refractivity contribution >= 4 is 64.0 Å². The molecular formula is C30H37Cl2N5O3S2. The monoisotopic (exact) mass is 649 g/mol. The number of likely N-dealkylation sites (tertiary alicyclic amines) is 1. The number of piperidine rings is 1. The molecule has 1 aliphatic rings. The number of thioether (sulfide) groups is 1. The molecule has 0 saturated carbocycles. The number of nitrogens with one attached hydrogen (secondary N) is 3. The molecule has 226 valence electrons. The van der Waals surface area contributed by atoms with Crippen LogP contribution in [0, 0.1) is 0 Å². The minimum atomic E-state index is -0.520. The minimum absolute atomic E-state index is 0.0332. The molecule has 2 amide bonds. The molecule has 4 rings (SSSR count). The normalized spacial score (nSPS) is 14.4. The number of alkyl carbamates (subject to hydrolysis) is 1. The van der Waals surface area contributed by atoms with Gasteiger partial charge in [0.25, 0.3) is 0 Å². The maximum Gasteiger partial charge on any atom is 0.407 e. The van der Waals surface area contributed by atoms with Crippen LogP contribution < -0.4 is 16.0 Å². The average molecular weight is 651 g/mol. The summed E-state index contributed by atoms with van der Waals surface area (Å²) in [6.07, 6.45) is 1.40. The van der Waals surface area contributed by atoms with E-state index in [-0.39, 0.29) is 11.9 Å². The number of hydrogen-bond donors (Lipinski definition) is 3. The number of carbonyl (C=O) groups is 2. The molecule has 1 aliphatic heterocycles. The van der Waals surface area contributed by atoms with Gasteiger partial charge in [-0.3, -0.25) is 9.69 Å². The minimum Gasteiger partial charge on any atom is -0.444 e. The molecule has 3 N–H and O–H groups in total. The maximum atomic E-state index is 12.6. The van der Waals surface area contributed by atoms with E-state index in [0.29, 0.717) is 28.9 Å². The molecule has 1 fully saturated rings. The summed E-state index contributed by atoms with van der Waals surface area (Å²) < 4.78 is 6.11. The van der Waals surface area contributed by atoms with Crippen molar-refractivity contribution in [3.05, 3.63) is 63.5 Å². The first-order valence-electron chi connectivity index (χ1n) is 13.9. The van der Waals surface area contributed by atoms with Crippen LogP contribution >= 0.6 is 46.3 Å². The van der Waals surface area contributed by atoms with E-state index < -0.39 is 11.7 Å². The molecule has 3 aromatic rings. The molecule has 42 heavy (non-hydrogen) atoms. The predicted octanol–water partition coefficient (Wildman–Crippen LogP) is 6.93. The van der Waals surface area contributed by atoms with Gasteiger partial charge in [-0.15, -0.1) is 11.3 Å². The fourth-order valence-corrected chi connectivity index (χ4v) is 6.43. The number of carbonyl (C=O) groups excluding carboxylic acids is 2. The predicted molar refractivity (Wildman–Crippen MR) is 174 cm³/mol. The SMILES string of the molecule is CC(C)(C)OC(=O)NCCNc1cccc(-c2csc(SCC(=O)NC3CCN(Cc4ccc(Cl)c(Cl)c4)CC3)n2)c1. The number of nitrogens with zero attached hydrogens (tertiary/aromatic N) is 2. The molecule has 0 aliphatic carbocycles. The second-order valence-corrected chi connectivity index (χ2v) is 14.0. The van der Waals surface area contributed by atoms with Gasteiger partial charge in [0.05, 0.1) is 21.5 Å². The van der Waals surface area contributed by atoms with Gasteiger partial charge in [-0.25, -0.2) is 9.78 Å². The molecule has 0 spiro atoms. The molecule has 2 aromatic carbocycles. The van der Waals surface area contributed by atoms with Gasteiger partial charge in [-0.05, 0) is 63.4 Å². The van der Waals surface area contributed by atoms with Gasteiger partial charge in [-0.1, -0.05) is 53.2 Å². The second-order valence-electron chi connectivity index (χ2n) is 11.1. The lowest BCUT2D eigenvalue weighted by atomic mass is 10.0. The summed E-state index contributed by atoms with van der Waals surface area (Å²) >= 11 is 15.2. The van der Waals surface area contributed by atoms with E-state index in [9.17, 15) is 9.59 Å². The number of amides is 2. The van der Waals surface area contributed by atoms with Crippen LogP contribution in [-0.4, -0.2) is 65.5 Å². The maximum absolute atomic E-state index is 12.6. The smallest absolute Gasteiger partial charge is 0.407 e. The molecule has 0 bridgehead atoms. The van der Waals surface area contributed by atoms with Crippen LogP contribution in [0.4, 0.5) is 10.5 Å². The zero-order valence-corrected chi connectivity index (χ0v) is 27.2. The third-order valence-electron chi connectivity index (χ3n) is 6.43. The summed E-state index contributed by atoms with van der Waals surface area (Å²) in [4.78, 5) is 31.5. The van der Waals surface area contributed by atoms with Crippen LogP contribution in [0.5, 0.6) is 0 Å². The van der Waals surface area contributed by atoms with Gasteiger partial charge in [0.1, 0.15) is 5.60 Å². The van der Waals surface area contributed by atoms with E-state index in [0.717, 1.165) is 59.3 Å². The largest absolute Gasteiger partial charge is 0.444 e. The van der Waals surface area contributed by atoms with Gasteiger partial charge in [0, 0.05) is 55.4 Å². The van der Waals surface area contributed by atoms with E-state index in [4.69, 9.17) is 32.9 Å². The van der Waals surface area contributed by atoms with E-state index >= 15 is 0 Å². The average Bonchev–Trinajstić information content (AvgIpc) is 3.42. The van der Waals surface area contributed by atoms with Crippen molar-refractivity contribution < 1.29 is 14.3 Å². The fourth-order valence-electron chi connectivity index (χ4n) is 4.46. The lowest BCUT2D eigenvalue weighted by molar-refractivity contribution is -0.119. The Labute approximate surface area is 265 Å². The van der Waals surface area contributed by atoms with Crippen molar-refractivity contribution in [2.75, 3.05) is 37.2 Å². The van der Waals surface area contributed by atoms with Crippen LogP contribution in [0.2, 0.25) is 10.0 Å². The highest BCUT2D eigenvalue weighted by atomic mass is 35.5. The number of rotatable bonds is 11. The van der Waals surface area contributed by atoms with E-state index in [1.165, 1.54) is 23.1 Å². The molecule has 0 radical (unpaired) electrons. The van der Waals surface area contributed by atoms with Crippen molar-refractivity contribution in [2.24, 2.45) is 0 Å². The summed E-state index contributed by atoms with van der Waals surface area (Å²) in [6, 6.07) is 13.9. The Kier molecular flexibility index (Phi) is 11.8. The Balaban J connectivity index is 1.16. The van der Waals surface area contributed by atoms with Gasteiger partial charge in [0.2, 0.25) is 5.91 Å². The topological polar surface area (TPSA) is 95.6 Å². The lowest BCUT2D eigenvalue weighted by Crippen LogP contribution is -2.44. The summed E-state index contributed by atoms with van der Waals surface area (Å²) in [5.41, 5.74) is 3.41. The fraction of sp³-hybridized carbons (Fsp3) is 0.433. The molecule has 0 unspecified atom stereocenters. The number of anilines is 1. The molecule has 0 atom stereocenters. The van der Waals surface area contributed by atoms with E-state index in [2.05, 4.69) is 20.9 Å². The van der Waals surface area contributed by atoms with Gasteiger partial charge in [0.15, 0.2) is 4.34 Å². The Morgan fingerprint density at radius 3 is 2.62 bits per heavy atom. The van der Waals surface area contributed by atoms with Crippen molar-refractivity contribution in [3.8, 4) is 11.3 Å². The number of benzene rings is 2. The first-order chi connectivity index (χ1) is 20.0. The van der Waals surface area contributed by atoms with E-state index in [1.54, 1.807) is 0 Å². The molecule has 1 saturated heterocycles. The quantitative estimate of drug-likeness (QED) is 0.153. The van der Waals surface area contributed by atoms with Crippen molar-refractivity contribution in [2.45, 2.75) is 56.1 Å². The van der Waals surface area contributed by atoms with Crippen LogP contribution in [-0.2, 0) is 16.1 Å². The number of halogens is 2. The molecule has 1 aromatic heterocycles. The van der Waals surface area contributed by atoms with Crippen LogP contribution in [0.25, 0.3) is 11.3 Å². The summed E-state index contributed by atoms with van der Waals surface area (Å²) in [7, 11) is 0. The summed E-state index contributed by atoms with van der Waals surface area (Å²) in [5.74, 6) is 0.369. The van der Waals surface area contributed by atoms with Crippen LogP contribution in [0.3, 0.4) is 0 Å². The molecule has 2 heterocycles. The summed E-state index contributed by atoms with van der Waals surface area (Å²) in [6.45, 7) is 9.17. The zero-order chi connectivity index (χ0) is 30.1. The molecular weight excluding hydrogens is 613 g/mol. The van der Waals surface area contributed by atoms with E-state index in [1.807, 2.05) is 68.6 Å². The van der Waals surface area contributed by atoms with Gasteiger partial charge in [-0.2, -0.15) is 0 Å². The zero-order valence-electron chi connectivity index (χ0n) is 24.0. The highest BCUT2D eigenvalue weighted by molar-refractivity contribution is 8.01. The Bertz CT molecular complexity index is 1360. The van der Waals surface area contributed by atoms with Gasteiger partial charge < -0.3 is 20.7 Å². The summed E-state index contributed by atoms with van der Waals surface area (Å²) in [5, 5.41) is 12.4. The highest BCUT2D eigenvalue weighted by Gasteiger charge is 2.21. The molecule has 12 heteroatoms. The van der Waals surface area contributed by atoms with Crippen LogP contribution in [0.15, 0.2) is 52.2 Å². The van der Waals surface area contributed by atoms with Crippen molar-refractivity contribution in [1.82, 2.24) is 20.5 Å². The van der Waals surface area contributed by atoms with Crippen molar-refractivity contribution in [1.29, 1.82) is 0 Å². The standard InChI is InChI=1S/C30H37Cl2N5O3S2/c1-30(2,3)40-28(39)34-12-11-33-23-6-4-5-21(16-23)26-18-41-29(36-26)42-19-27(38)35-22-9-13-37(14-10-22)17-20-7-8-24(31)25(32)15-20/h4-8,15-16,18,22,33H,9-14,17,19H2,1-3H3,(H,34,39)(H,35,38). The lowest BCUT2D eigenvalue weighted by Gasteiger charge is -2.32. The second kappa shape index (κ2) is 15.3. The third kappa shape index (κ3) is 10.6. The number of thiazole rings is 1.